The number of para-hydroxylation sites is 1. The highest BCUT2D eigenvalue weighted by Crippen LogP contribution is 2.18. The van der Waals surface area contributed by atoms with Gasteiger partial charge in [-0.05, 0) is 30.3 Å². The van der Waals surface area contributed by atoms with Crippen LogP contribution >= 0.6 is 0 Å². The number of benzene rings is 2. The topological polar surface area (TPSA) is 92.7 Å². The normalized spacial score (nSPS) is 11.1. The van der Waals surface area contributed by atoms with Crippen molar-refractivity contribution < 1.29 is 23.1 Å². The summed E-state index contributed by atoms with van der Waals surface area (Å²) in [5.41, 5.74) is 0.736. The molecule has 22 heavy (non-hydrogen) atoms. The molecule has 0 radical (unpaired) electrons. The third-order valence-electron chi connectivity index (χ3n) is 3.06. The van der Waals surface area contributed by atoms with Gasteiger partial charge in [-0.2, -0.15) is 0 Å². The Balaban J connectivity index is 2.15. The summed E-state index contributed by atoms with van der Waals surface area (Å²) in [4.78, 5) is 10.8. The zero-order chi connectivity index (χ0) is 16.2. The first-order valence-electron chi connectivity index (χ1n) is 6.39. The predicted molar refractivity (Wildman–Crippen MR) is 80.4 cm³/mol. The first-order valence-corrected chi connectivity index (χ1v) is 7.87. The molecule has 2 aromatic rings. The number of nitrogens with one attached hydrogen (secondary N) is 1. The van der Waals surface area contributed by atoms with Gasteiger partial charge in [-0.25, -0.2) is 17.9 Å². The number of sulfonamides is 1. The predicted octanol–water partition coefficient (Wildman–Crippen LogP) is 1.87. The molecule has 0 bridgehead atoms. The molecule has 0 aliphatic rings. The molecule has 0 amide bonds. The summed E-state index contributed by atoms with van der Waals surface area (Å²) in [6, 6.07) is 12.1. The van der Waals surface area contributed by atoms with Gasteiger partial charge in [0.2, 0.25) is 10.0 Å². The summed E-state index contributed by atoms with van der Waals surface area (Å²) in [7, 11) is -2.21. The number of hydrogen-bond acceptors (Lipinski definition) is 4. The van der Waals surface area contributed by atoms with Gasteiger partial charge in [0.15, 0.2) is 0 Å². The quantitative estimate of drug-likeness (QED) is 0.847. The van der Waals surface area contributed by atoms with Crippen LogP contribution in [0.2, 0.25) is 0 Å². The minimum atomic E-state index is -3.72. The maximum absolute atomic E-state index is 12.2. The number of aromatic carboxylic acids is 1. The van der Waals surface area contributed by atoms with Crippen molar-refractivity contribution in [3.63, 3.8) is 0 Å². The highest BCUT2D eigenvalue weighted by Gasteiger charge is 2.15. The Labute approximate surface area is 128 Å². The minimum Gasteiger partial charge on any atom is -0.496 e. The van der Waals surface area contributed by atoms with Crippen LogP contribution in [0.4, 0.5) is 0 Å². The zero-order valence-electron chi connectivity index (χ0n) is 11.8. The van der Waals surface area contributed by atoms with Gasteiger partial charge in [-0.3, -0.25) is 0 Å². The van der Waals surface area contributed by atoms with Crippen molar-refractivity contribution in [2.45, 2.75) is 11.4 Å². The van der Waals surface area contributed by atoms with Gasteiger partial charge in [-0.15, -0.1) is 0 Å². The van der Waals surface area contributed by atoms with Crippen LogP contribution in [0.5, 0.6) is 5.75 Å². The van der Waals surface area contributed by atoms with Crippen molar-refractivity contribution in [1.29, 1.82) is 0 Å². The van der Waals surface area contributed by atoms with Gasteiger partial charge < -0.3 is 9.84 Å². The smallest absolute Gasteiger partial charge is 0.335 e. The third-order valence-corrected chi connectivity index (χ3v) is 4.47. The van der Waals surface area contributed by atoms with Gasteiger partial charge in [0.1, 0.15) is 5.75 Å². The molecule has 0 fully saturated rings. The number of methoxy groups -OCH3 is 1. The first kappa shape index (κ1) is 16.0. The number of carbonyl (C=O) groups is 1. The Hall–Kier alpha value is -2.38. The minimum absolute atomic E-state index is 0.00685. The lowest BCUT2D eigenvalue weighted by atomic mass is 10.2. The van der Waals surface area contributed by atoms with Crippen molar-refractivity contribution in [2.24, 2.45) is 0 Å². The highest BCUT2D eigenvalue weighted by atomic mass is 32.2. The standard InChI is InChI=1S/C15H15NO5S/c1-21-14-5-3-2-4-12(14)10-16-22(19,20)13-8-6-11(7-9-13)15(17)18/h2-9,16H,10H2,1H3,(H,17,18). The van der Waals surface area contributed by atoms with Crippen LogP contribution in [0, 0.1) is 0 Å². The fourth-order valence-electron chi connectivity index (χ4n) is 1.88. The summed E-state index contributed by atoms with van der Waals surface area (Å²) >= 11 is 0. The molecule has 0 unspecified atom stereocenters. The molecule has 0 atom stereocenters. The second-order valence-corrected chi connectivity index (χ2v) is 6.23. The van der Waals surface area contributed by atoms with E-state index in [0.29, 0.717) is 11.3 Å². The molecule has 0 aliphatic heterocycles. The molecule has 6 nitrogen and oxygen atoms in total. The lowest BCUT2D eigenvalue weighted by Crippen LogP contribution is -2.23. The van der Waals surface area contributed by atoms with E-state index in [1.807, 2.05) is 0 Å². The van der Waals surface area contributed by atoms with Gasteiger partial charge in [0, 0.05) is 12.1 Å². The molecule has 0 heterocycles. The number of carboxylic acid groups (broad SMARTS) is 1. The Bertz CT molecular complexity index is 769. The summed E-state index contributed by atoms with van der Waals surface area (Å²) in [5, 5.41) is 8.81. The lowest BCUT2D eigenvalue weighted by Gasteiger charge is -2.10. The average Bonchev–Trinajstić information content (AvgIpc) is 2.53. The Morgan fingerprint density at radius 1 is 1.14 bits per heavy atom. The second-order valence-electron chi connectivity index (χ2n) is 4.47. The molecule has 0 saturated heterocycles. The van der Waals surface area contributed by atoms with Crippen molar-refractivity contribution in [1.82, 2.24) is 4.72 Å². The van der Waals surface area contributed by atoms with E-state index in [1.165, 1.54) is 31.4 Å². The van der Waals surface area contributed by atoms with Crippen LogP contribution < -0.4 is 9.46 Å². The first-order chi connectivity index (χ1) is 10.4. The maximum Gasteiger partial charge on any atom is 0.335 e. The summed E-state index contributed by atoms with van der Waals surface area (Å²) in [6.45, 7) is 0.0764. The maximum atomic E-state index is 12.2. The number of rotatable bonds is 6. The molecular formula is C15H15NO5S. The van der Waals surface area contributed by atoms with E-state index >= 15 is 0 Å². The van der Waals surface area contributed by atoms with Crippen LogP contribution in [-0.2, 0) is 16.6 Å². The van der Waals surface area contributed by atoms with Crippen molar-refractivity contribution in [2.75, 3.05) is 7.11 Å². The van der Waals surface area contributed by atoms with E-state index in [-0.39, 0.29) is 17.0 Å². The van der Waals surface area contributed by atoms with E-state index in [1.54, 1.807) is 24.3 Å². The molecule has 0 aliphatic carbocycles. The number of hydrogen-bond donors (Lipinski definition) is 2. The number of carboxylic acids is 1. The Morgan fingerprint density at radius 2 is 1.77 bits per heavy atom. The average molecular weight is 321 g/mol. The molecule has 2 rings (SSSR count). The number of ether oxygens (including phenoxy) is 1. The second kappa shape index (κ2) is 6.59. The van der Waals surface area contributed by atoms with E-state index in [9.17, 15) is 13.2 Å². The molecule has 0 spiro atoms. The molecular weight excluding hydrogens is 306 g/mol. The highest BCUT2D eigenvalue weighted by molar-refractivity contribution is 7.89. The summed E-state index contributed by atoms with van der Waals surface area (Å²) in [6.07, 6.45) is 0. The Morgan fingerprint density at radius 3 is 2.36 bits per heavy atom. The summed E-state index contributed by atoms with van der Waals surface area (Å²) < 4.78 is 32.0. The largest absolute Gasteiger partial charge is 0.496 e. The van der Waals surface area contributed by atoms with E-state index < -0.39 is 16.0 Å². The zero-order valence-corrected chi connectivity index (χ0v) is 12.6. The van der Waals surface area contributed by atoms with Crippen molar-refractivity contribution in [3.05, 3.63) is 59.7 Å². The molecule has 7 heteroatoms. The molecule has 116 valence electrons. The fourth-order valence-corrected chi connectivity index (χ4v) is 2.89. The van der Waals surface area contributed by atoms with Gasteiger partial charge in [0.25, 0.3) is 0 Å². The van der Waals surface area contributed by atoms with E-state index in [0.717, 1.165) is 0 Å². The Kier molecular flexibility index (Phi) is 4.79. The molecule has 2 N–H and O–H groups in total. The summed E-state index contributed by atoms with van der Waals surface area (Å²) in [5.74, 6) is -0.516. The molecule has 2 aromatic carbocycles. The van der Waals surface area contributed by atoms with E-state index in [4.69, 9.17) is 9.84 Å². The van der Waals surface area contributed by atoms with Crippen LogP contribution in [0.3, 0.4) is 0 Å². The van der Waals surface area contributed by atoms with Gasteiger partial charge >= 0.3 is 5.97 Å². The van der Waals surface area contributed by atoms with Crippen molar-refractivity contribution in [3.8, 4) is 5.75 Å². The van der Waals surface area contributed by atoms with Gasteiger partial charge in [-0.1, -0.05) is 18.2 Å². The SMILES string of the molecule is COc1ccccc1CNS(=O)(=O)c1ccc(C(=O)O)cc1. The molecule has 0 saturated carbocycles. The molecule has 0 aromatic heterocycles. The van der Waals surface area contributed by atoms with Crippen LogP contribution in [0.15, 0.2) is 53.4 Å². The third kappa shape index (κ3) is 3.63. The van der Waals surface area contributed by atoms with Gasteiger partial charge in [0.05, 0.1) is 17.6 Å². The van der Waals surface area contributed by atoms with E-state index in [2.05, 4.69) is 4.72 Å². The van der Waals surface area contributed by atoms with Crippen LogP contribution in [0.25, 0.3) is 0 Å². The van der Waals surface area contributed by atoms with Crippen LogP contribution in [-0.4, -0.2) is 26.6 Å². The monoisotopic (exact) mass is 321 g/mol. The lowest BCUT2D eigenvalue weighted by molar-refractivity contribution is 0.0696. The van der Waals surface area contributed by atoms with Crippen LogP contribution in [0.1, 0.15) is 15.9 Å². The van der Waals surface area contributed by atoms with Crippen molar-refractivity contribution >= 4 is 16.0 Å². The fraction of sp³-hybridized carbons (Fsp3) is 0.133.